The minimum Gasteiger partial charge on any atom is -0.366 e. The van der Waals surface area contributed by atoms with E-state index in [1.165, 1.54) is 25.9 Å². The van der Waals surface area contributed by atoms with Gasteiger partial charge in [0, 0.05) is 12.6 Å². The van der Waals surface area contributed by atoms with Gasteiger partial charge in [-0.05, 0) is 55.9 Å². The second-order valence-electron chi connectivity index (χ2n) is 5.03. The van der Waals surface area contributed by atoms with Crippen LogP contribution in [-0.4, -0.2) is 40.5 Å². The Balaban J connectivity index is 1.74. The van der Waals surface area contributed by atoms with Gasteiger partial charge < -0.3 is 10.2 Å². The van der Waals surface area contributed by atoms with Gasteiger partial charge in [-0.15, -0.1) is 11.3 Å². The monoisotopic (exact) mass is 296 g/mol. The second kappa shape index (κ2) is 5.61. The highest BCUT2D eigenvalue weighted by molar-refractivity contribution is 7.16. The van der Waals surface area contributed by atoms with Crippen LogP contribution in [0, 0.1) is 0 Å². The molecule has 1 fully saturated rings. The van der Waals surface area contributed by atoms with E-state index < -0.39 is 0 Å². The molecular weight excluding hydrogens is 280 g/mol. The van der Waals surface area contributed by atoms with Crippen LogP contribution in [0.5, 0.6) is 0 Å². The topological polar surface area (TPSA) is 41.0 Å². The van der Waals surface area contributed by atoms with E-state index in [4.69, 9.17) is 11.6 Å². The molecule has 2 aromatic heterocycles. The number of nitrogens with zero attached hydrogens (tertiary/aromatic N) is 3. The van der Waals surface area contributed by atoms with Gasteiger partial charge in [0.05, 0.1) is 5.39 Å². The molecule has 6 heteroatoms. The smallest absolute Gasteiger partial charge is 0.225 e. The molecule has 0 aliphatic carbocycles. The number of anilines is 1. The number of hydrogen-bond acceptors (Lipinski definition) is 5. The van der Waals surface area contributed by atoms with Crippen molar-refractivity contribution in [3.8, 4) is 0 Å². The molecule has 1 atom stereocenters. The fourth-order valence-corrected chi connectivity index (χ4v) is 3.55. The highest BCUT2D eigenvalue weighted by Crippen LogP contribution is 2.26. The van der Waals surface area contributed by atoms with Crippen LogP contribution in [0.1, 0.15) is 19.8 Å². The zero-order valence-electron chi connectivity index (χ0n) is 10.9. The van der Waals surface area contributed by atoms with E-state index in [2.05, 4.69) is 27.1 Å². The van der Waals surface area contributed by atoms with E-state index in [1.54, 1.807) is 11.3 Å². The first-order valence-electron chi connectivity index (χ1n) is 6.62. The van der Waals surface area contributed by atoms with Gasteiger partial charge in [-0.25, -0.2) is 9.97 Å². The van der Waals surface area contributed by atoms with Crippen LogP contribution in [0.25, 0.3) is 10.2 Å². The van der Waals surface area contributed by atoms with Gasteiger partial charge in [0.2, 0.25) is 5.28 Å². The standard InChI is InChI=1S/C13H17ClN4S/c1-9(8-18-5-2-3-6-18)15-11-10-4-7-19-12(10)17-13(14)16-11/h4,7,9H,2-3,5-6,8H2,1H3,(H,15,16,17). The number of rotatable bonds is 4. The zero-order chi connectivity index (χ0) is 13.2. The van der Waals surface area contributed by atoms with E-state index in [0.29, 0.717) is 11.3 Å². The molecule has 0 aromatic carbocycles. The Morgan fingerprint density at radius 1 is 1.42 bits per heavy atom. The van der Waals surface area contributed by atoms with E-state index in [0.717, 1.165) is 22.6 Å². The van der Waals surface area contributed by atoms with Crippen molar-refractivity contribution < 1.29 is 0 Å². The van der Waals surface area contributed by atoms with E-state index in [1.807, 2.05) is 11.4 Å². The lowest BCUT2D eigenvalue weighted by Crippen LogP contribution is -2.33. The third kappa shape index (κ3) is 2.99. The molecule has 0 saturated carbocycles. The van der Waals surface area contributed by atoms with Gasteiger partial charge >= 0.3 is 0 Å². The average Bonchev–Trinajstić information content (AvgIpc) is 2.99. The first-order valence-corrected chi connectivity index (χ1v) is 7.88. The summed E-state index contributed by atoms with van der Waals surface area (Å²) in [6.07, 6.45) is 2.64. The maximum atomic E-state index is 5.97. The Labute approximate surface area is 121 Å². The van der Waals surface area contributed by atoms with Gasteiger partial charge in [0.25, 0.3) is 0 Å². The molecule has 1 unspecified atom stereocenters. The molecule has 19 heavy (non-hydrogen) atoms. The summed E-state index contributed by atoms with van der Waals surface area (Å²) in [4.78, 5) is 12.0. The van der Waals surface area contributed by atoms with Gasteiger partial charge in [0.15, 0.2) is 0 Å². The molecule has 4 nitrogen and oxygen atoms in total. The first kappa shape index (κ1) is 13.1. The quantitative estimate of drug-likeness (QED) is 0.880. The molecule has 0 amide bonds. The first-order chi connectivity index (χ1) is 9.22. The number of aromatic nitrogens is 2. The number of halogens is 1. The number of likely N-dealkylation sites (tertiary alicyclic amines) is 1. The van der Waals surface area contributed by atoms with Crippen LogP contribution in [0.3, 0.4) is 0 Å². The summed E-state index contributed by atoms with van der Waals surface area (Å²) in [6.45, 7) is 5.66. The molecule has 1 aliphatic heterocycles. The highest BCUT2D eigenvalue weighted by Gasteiger charge is 2.16. The second-order valence-corrected chi connectivity index (χ2v) is 6.27. The van der Waals surface area contributed by atoms with Gasteiger partial charge in [-0.2, -0.15) is 0 Å². The summed E-state index contributed by atoms with van der Waals surface area (Å²) in [5.74, 6) is 0.850. The molecule has 0 radical (unpaired) electrons. The van der Waals surface area contributed by atoms with Gasteiger partial charge in [-0.1, -0.05) is 0 Å². The minimum atomic E-state index is 0.311. The van der Waals surface area contributed by atoms with Crippen molar-refractivity contribution in [1.29, 1.82) is 0 Å². The molecule has 1 aliphatic rings. The van der Waals surface area contributed by atoms with Gasteiger partial charge in [0.1, 0.15) is 10.6 Å². The minimum absolute atomic E-state index is 0.311. The van der Waals surface area contributed by atoms with Crippen molar-refractivity contribution in [2.45, 2.75) is 25.8 Å². The summed E-state index contributed by atoms with van der Waals surface area (Å²) in [7, 11) is 0. The maximum absolute atomic E-state index is 5.97. The van der Waals surface area contributed by atoms with Crippen LogP contribution < -0.4 is 5.32 Å². The Hall–Kier alpha value is -0.910. The van der Waals surface area contributed by atoms with E-state index in [9.17, 15) is 0 Å². The average molecular weight is 297 g/mol. The number of hydrogen-bond donors (Lipinski definition) is 1. The van der Waals surface area contributed by atoms with Crippen molar-refractivity contribution in [1.82, 2.24) is 14.9 Å². The van der Waals surface area contributed by atoms with Crippen LogP contribution in [0.4, 0.5) is 5.82 Å². The molecule has 102 valence electrons. The lowest BCUT2D eigenvalue weighted by molar-refractivity contribution is 0.327. The fraction of sp³-hybridized carbons (Fsp3) is 0.538. The van der Waals surface area contributed by atoms with Crippen LogP contribution in [0.2, 0.25) is 5.28 Å². The normalized spacial score (nSPS) is 18.0. The number of fused-ring (bicyclic) bond motifs is 1. The predicted molar refractivity (Wildman–Crippen MR) is 81.2 cm³/mol. The van der Waals surface area contributed by atoms with E-state index >= 15 is 0 Å². The van der Waals surface area contributed by atoms with Crippen molar-refractivity contribution in [3.63, 3.8) is 0 Å². The summed E-state index contributed by atoms with van der Waals surface area (Å²) >= 11 is 7.56. The molecule has 0 spiro atoms. The molecule has 3 rings (SSSR count). The van der Waals surface area contributed by atoms with Crippen LogP contribution in [-0.2, 0) is 0 Å². The molecule has 0 bridgehead atoms. The largest absolute Gasteiger partial charge is 0.366 e. The zero-order valence-corrected chi connectivity index (χ0v) is 12.5. The lowest BCUT2D eigenvalue weighted by Gasteiger charge is -2.21. The highest BCUT2D eigenvalue weighted by atomic mass is 35.5. The summed E-state index contributed by atoms with van der Waals surface area (Å²) in [5.41, 5.74) is 0. The Bertz CT molecular complexity index is 565. The maximum Gasteiger partial charge on any atom is 0.225 e. The Morgan fingerprint density at radius 2 is 2.21 bits per heavy atom. The summed E-state index contributed by atoms with van der Waals surface area (Å²) in [6, 6.07) is 2.40. The fourth-order valence-electron chi connectivity index (χ4n) is 2.57. The third-order valence-electron chi connectivity index (χ3n) is 3.41. The number of nitrogens with one attached hydrogen (secondary N) is 1. The van der Waals surface area contributed by atoms with Gasteiger partial charge in [-0.3, -0.25) is 0 Å². The molecular formula is C13H17ClN4S. The van der Waals surface area contributed by atoms with Crippen molar-refractivity contribution >= 4 is 39.0 Å². The summed E-state index contributed by atoms with van der Waals surface area (Å²) < 4.78 is 0. The lowest BCUT2D eigenvalue weighted by atomic mass is 10.3. The SMILES string of the molecule is CC(CN1CCCC1)Nc1nc(Cl)nc2sccc12. The van der Waals surface area contributed by atoms with Crippen molar-refractivity contribution in [2.75, 3.05) is 25.0 Å². The van der Waals surface area contributed by atoms with Crippen LogP contribution in [0.15, 0.2) is 11.4 Å². The Kier molecular flexibility index (Phi) is 3.86. The molecule has 1 saturated heterocycles. The Morgan fingerprint density at radius 3 is 3.00 bits per heavy atom. The molecule has 3 heterocycles. The number of thiophene rings is 1. The van der Waals surface area contributed by atoms with E-state index in [-0.39, 0.29) is 0 Å². The van der Waals surface area contributed by atoms with Crippen LogP contribution >= 0.6 is 22.9 Å². The predicted octanol–water partition coefficient (Wildman–Crippen LogP) is 3.24. The molecule has 2 aromatic rings. The van der Waals surface area contributed by atoms with Crippen molar-refractivity contribution in [2.24, 2.45) is 0 Å². The summed E-state index contributed by atoms with van der Waals surface area (Å²) in [5, 5.41) is 6.86. The third-order valence-corrected chi connectivity index (χ3v) is 4.39. The molecule has 1 N–H and O–H groups in total. The van der Waals surface area contributed by atoms with Crippen molar-refractivity contribution in [3.05, 3.63) is 16.7 Å².